The first kappa shape index (κ1) is 9.31. The van der Waals surface area contributed by atoms with Crippen molar-refractivity contribution in [3.05, 3.63) is 18.5 Å². The smallest absolute Gasteiger partial charge is 0.0738 e. The van der Waals surface area contributed by atoms with Gasteiger partial charge >= 0.3 is 0 Å². The second-order valence-corrected chi connectivity index (χ2v) is 4.09. The molecule has 0 unspecified atom stereocenters. The van der Waals surface area contributed by atoms with Crippen LogP contribution in [0.1, 0.15) is 19.3 Å². The van der Waals surface area contributed by atoms with Gasteiger partial charge in [-0.15, -0.1) is 0 Å². The standard InChI is InChI=1S/C11H17N3/c1-14(7-5-9-2-3-9)11-4-6-13-8-10(11)12/h4,6,8-9H,2-3,5,7,12H2,1H3. The van der Waals surface area contributed by atoms with Gasteiger partial charge in [0.2, 0.25) is 0 Å². The normalized spacial score (nSPS) is 15.5. The van der Waals surface area contributed by atoms with Crippen molar-refractivity contribution in [3.8, 4) is 0 Å². The van der Waals surface area contributed by atoms with Crippen molar-refractivity contribution >= 4 is 11.4 Å². The number of nitrogens with zero attached hydrogens (tertiary/aromatic N) is 2. The molecule has 0 bridgehead atoms. The minimum absolute atomic E-state index is 0.769. The average Bonchev–Trinajstić information content (AvgIpc) is 2.98. The number of pyridine rings is 1. The molecule has 14 heavy (non-hydrogen) atoms. The van der Waals surface area contributed by atoms with Crippen LogP contribution >= 0.6 is 0 Å². The summed E-state index contributed by atoms with van der Waals surface area (Å²) in [6.45, 7) is 1.10. The summed E-state index contributed by atoms with van der Waals surface area (Å²) < 4.78 is 0. The van der Waals surface area contributed by atoms with Crippen LogP contribution in [0.5, 0.6) is 0 Å². The fraction of sp³-hybridized carbons (Fsp3) is 0.545. The van der Waals surface area contributed by atoms with Crippen LogP contribution in [0.15, 0.2) is 18.5 Å². The molecule has 0 saturated heterocycles. The molecular formula is C11H17N3. The predicted molar refractivity (Wildman–Crippen MR) is 59.3 cm³/mol. The van der Waals surface area contributed by atoms with E-state index in [2.05, 4.69) is 16.9 Å². The molecule has 1 heterocycles. The first-order valence-electron chi connectivity index (χ1n) is 5.18. The minimum Gasteiger partial charge on any atom is -0.396 e. The zero-order chi connectivity index (χ0) is 9.97. The van der Waals surface area contributed by atoms with Crippen LogP contribution in [0.4, 0.5) is 11.4 Å². The summed E-state index contributed by atoms with van der Waals surface area (Å²) in [5.41, 5.74) is 7.71. The Balaban J connectivity index is 1.95. The molecule has 0 aliphatic heterocycles. The van der Waals surface area contributed by atoms with Crippen LogP contribution in [0.3, 0.4) is 0 Å². The van der Waals surface area contributed by atoms with Gasteiger partial charge in [0.25, 0.3) is 0 Å². The summed E-state index contributed by atoms with van der Waals surface area (Å²) in [6.07, 6.45) is 7.62. The van der Waals surface area contributed by atoms with Crippen LogP contribution in [0, 0.1) is 5.92 Å². The average molecular weight is 191 g/mol. The lowest BCUT2D eigenvalue weighted by Gasteiger charge is -2.20. The Labute approximate surface area is 84.9 Å². The Morgan fingerprint density at radius 2 is 2.36 bits per heavy atom. The zero-order valence-corrected chi connectivity index (χ0v) is 8.61. The molecule has 3 heteroatoms. The van der Waals surface area contributed by atoms with Crippen molar-refractivity contribution < 1.29 is 0 Å². The van der Waals surface area contributed by atoms with Crippen molar-refractivity contribution in [1.82, 2.24) is 4.98 Å². The second-order valence-electron chi connectivity index (χ2n) is 4.09. The molecule has 1 fully saturated rings. The summed E-state index contributed by atoms with van der Waals surface area (Å²) >= 11 is 0. The molecule has 1 aromatic rings. The molecule has 2 N–H and O–H groups in total. The lowest BCUT2D eigenvalue weighted by Crippen LogP contribution is -2.20. The number of aromatic nitrogens is 1. The highest BCUT2D eigenvalue weighted by Gasteiger charge is 2.21. The van der Waals surface area contributed by atoms with E-state index >= 15 is 0 Å². The molecule has 0 spiro atoms. The van der Waals surface area contributed by atoms with Gasteiger partial charge in [-0.05, 0) is 18.4 Å². The van der Waals surface area contributed by atoms with Gasteiger partial charge in [-0.1, -0.05) is 12.8 Å². The Morgan fingerprint density at radius 1 is 1.57 bits per heavy atom. The lowest BCUT2D eigenvalue weighted by molar-refractivity contribution is 0.711. The predicted octanol–water partition coefficient (Wildman–Crippen LogP) is 1.90. The number of nitrogen functional groups attached to an aromatic ring is 1. The Hall–Kier alpha value is -1.25. The van der Waals surface area contributed by atoms with Crippen LogP contribution in [-0.4, -0.2) is 18.6 Å². The molecular weight excluding hydrogens is 174 g/mol. The third-order valence-corrected chi connectivity index (χ3v) is 2.81. The molecule has 3 nitrogen and oxygen atoms in total. The first-order chi connectivity index (χ1) is 6.77. The maximum Gasteiger partial charge on any atom is 0.0738 e. The number of hydrogen-bond donors (Lipinski definition) is 1. The van der Waals surface area contributed by atoms with Crippen LogP contribution < -0.4 is 10.6 Å². The summed E-state index contributed by atoms with van der Waals surface area (Å²) in [7, 11) is 2.09. The van der Waals surface area contributed by atoms with Crippen molar-refractivity contribution in [2.75, 3.05) is 24.2 Å². The van der Waals surface area contributed by atoms with E-state index < -0.39 is 0 Å². The third-order valence-electron chi connectivity index (χ3n) is 2.81. The van der Waals surface area contributed by atoms with Gasteiger partial charge in [0.15, 0.2) is 0 Å². The molecule has 1 aromatic heterocycles. The van der Waals surface area contributed by atoms with Crippen molar-refractivity contribution in [2.45, 2.75) is 19.3 Å². The maximum absolute atomic E-state index is 5.84. The second kappa shape index (κ2) is 3.86. The van der Waals surface area contributed by atoms with Gasteiger partial charge in [0, 0.05) is 19.8 Å². The molecule has 1 aliphatic rings. The maximum atomic E-state index is 5.84. The summed E-state index contributed by atoms with van der Waals surface area (Å²) in [6, 6.07) is 1.97. The van der Waals surface area contributed by atoms with E-state index in [1.807, 2.05) is 6.07 Å². The third kappa shape index (κ3) is 2.16. The van der Waals surface area contributed by atoms with Crippen molar-refractivity contribution in [1.29, 1.82) is 0 Å². The zero-order valence-electron chi connectivity index (χ0n) is 8.61. The number of nitrogens with two attached hydrogens (primary N) is 1. The van der Waals surface area contributed by atoms with Gasteiger partial charge in [-0.2, -0.15) is 0 Å². The van der Waals surface area contributed by atoms with Gasteiger partial charge in [-0.25, -0.2) is 0 Å². The highest BCUT2D eigenvalue weighted by atomic mass is 15.1. The van der Waals surface area contributed by atoms with E-state index in [1.165, 1.54) is 19.3 Å². The van der Waals surface area contributed by atoms with E-state index in [0.717, 1.165) is 23.8 Å². The molecule has 76 valence electrons. The van der Waals surface area contributed by atoms with E-state index in [1.54, 1.807) is 12.4 Å². The van der Waals surface area contributed by atoms with Gasteiger partial charge in [0.1, 0.15) is 0 Å². The fourth-order valence-corrected chi connectivity index (χ4v) is 1.65. The highest BCUT2D eigenvalue weighted by Crippen LogP contribution is 2.33. The van der Waals surface area contributed by atoms with Crippen molar-refractivity contribution in [3.63, 3.8) is 0 Å². The van der Waals surface area contributed by atoms with Gasteiger partial charge in [0.05, 0.1) is 17.6 Å². The largest absolute Gasteiger partial charge is 0.396 e. The molecule has 1 aliphatic carbocycles. The number of anilines is 2. The lowest BCUT2D eigenvalue weighted by atomic mass is 10.2. The molecule has 0 atom stereocenters. The van der Waals surface area contributed by atoms with Gasteiger partial charge < -0.3 is 10.6 Å². The Kier molecular flexibility index (Phi) is 2.57. The fourth-order valence-electron chi connectivity index (χ4n) is 1.65. The Bertz CT molecular complexity index is 307. The molecule has 2 rings (SSSR count). The van der Waals surface area contributed by atoms with Crippen LogP contribution in [0.25, 0.3) is 0 Å². The van der Waals surface area contributed by atoms with Crippen LogP contribution in [-0.2, 0) is 0 Å². The topological polar surface area (TPSA) is 42.2 Å². The van der Waals surface area contributed by atoms with E-state index in [-0.39, 0.29) is 0 Å². The molecule has 0 amide bonds. The van der Waals surface area contributed by atoms with E-state index in [0.29, 0.717) is 0 Å². The summed E-state index contributed by atoms with van der Waals surface area (Å²) in [5.74, 6) is 0.973. The van der Waals surface area contributed by atoms with Gasteiger partial charge in [-0.3, -0.25) is 4.98 Å². The monoisotopic (exact) mass is 191 g/mol. The summed E-state index contributed by atoms with van der Waals surface area (Å²) in [4.78, 5) is 6.20. The molecule has 0 radical (unpaired) electrons. The SMILES string of the molecule is CN(CCC1CC1)c1ccncc1N. The summed E-state index contributed by atoms with van der Waals surface area (Å²) in [5, 5.41) is 0. The van der Waals surface area contributed by atoms with Crippen LogP contribution in [0.2, 0.25) is 0 Å². The first-order valence-corrected chi connectivity index (χ1v) is 5.18. The van der Waals surface area contributed by atoms with Crippen molar-refractivity contribution in [2.24, 2.45) is 5.92 Å². The molecule has 1 saturated carbocycles. The molecule has 0 aromatic carbocycles. The van der Waals surface area contributed by atoms with E-state index in [4.69, 9.17) is 5.73 Å². The quantitative estimate of drug-likeness (QED) is 0.790. The Morgan fingerprint density at radius 3 is 3.00 bits per heavy atom. The van der Waals surface area contributed by atoms with E-state index in [9.17, 15) is 0 Å². The highest BCUT2D eigenvalue weighted by molar-refractivity contribution is 5.65. The minimum atomic E-state index is 0.769. The number of hydrogen-bond acceptors (Lipinski definition) is 3. The number of rotatable bonds is 4.